The fourth-order valence-electron chi connectivity index (χ4n) is 2.25. The van der Waals surface area contributed by atoms with E-state index in [-0.39, 0.29) is 5.56 Å². The third-order valence-electron chi connectivity index (χ3n) is 3.42. The molecule has 5 nitrogen and oxygen atoms in total. The second-order valence-corrected chi connectivity index (χ2v) is 6.26. The Kier molecular flexibility index (Phi) is 5.74. The minimum atomic E-state index is -0.162. The highest BCUT2D eigenvalue weighted by atomic mass is 32.2. The van der Waals surface area contributed by atoms with Crippen molar-refractivity contribution in [1.82, 2.24) is 9.97 Å². The van der Waals surface area contributed by atoms with Crippen LogP contribution < -0.4 is 15.0 Å². The topological polar surface area (TPSA) is 64.2 Å². The lowest BCUT2D eigenvalue weighted by Gasteiger charge is -2.08. The summed E-state index contributed by atoms with van der Waals surface area (Å²) in [4.78, 5) is 19.1. The van der Waals surface area contributed by atoms with E-state index in [1.165, 1.54) is 17.8 Å². The molecule has 0 fully saturated rings. The molecule has 0 aliphatic rings. The van der Waals surface area contributed by atoms with Gasteiger partial charge < -0.3 is 14.5 Å². The number of methoxy groups -OCH3 is 1. The first-order valence-corrected chi connectivity index (χ1v) is 8.79. The van der Waals surface area contributed by atoms with Gasteiger partial charge in [0, 0.05) is 23.4 Å². The molecule has 0 aliphatic carbocycles. The van der Waals surface area contributed by atoms with E-state index in [0.29, 0.717) is 23.2 Å². The molecular weight excluding hydrogens is 336 g/mol. The summed E-state index contributed by atoms with van der Waals surface area (Å²) < 4.78 is 10.9. The standard InChI is InChI=1S/C19H18N2O3S/c1-23-15-8-5-9-16(12-15)24-10-11-25-19-20-17(13-18(22)21-19)14-6-3-2-4-7-14/h2-9,12-13H,10-11H2,1H3,(H,20,21,22). The molecule has 0 saturated carbocycles. The van der Waals surface area contributed by atoms with Crippen LogP contribution in [-0.4, -0.2) is 29.4 Å². The van der Waals surface area contributed by atoms with Gasteiger partial charge in [-0.25, -0.2) is 4.98 Å². The maximum absolute atomic E-state index is 11.9. The summed E-state index contributed by atoms with van der Waals surface area (Å²) in [5.41, 5.74) is 1.42. The predicted octanol–water partition coefficient (Wildman–Crippen LogP) is 3.62. The Morgan fingerprint density at radius 2 is 1.84 bits per heavy atom. The number of hydrogen-bond donors (Lipinski definition) is 1. The van der Waals surface area contributed by atoms with Crippen molar-refractivity contribution in [2.45, 2.75) is 5.16 Å². The summed E-state index contributed by atoms with van der Waals surface area (Å²) in [5.74, 6) is 2.17. The van der Waals surface area contributed by atoms with Crippen LogP contribution >= 0.6 is 11.8 Å². The first-order chi connectivity index (χ1) is 12.2. The van der Waals surface area contributed by atoms with Gasteiger partial charge in [-0.1, -0.05) is 48.2 Å². The predicted molar refractivity (Wildman–Crippen MR) is 99.5 cm³/mol. The van der Waals surface area contributed by atoms with Crippen LogP contribution in [-0.2, 0) is 0 Å². The van der Waals surface area contributed by atoms with Crippen molar-refractivity contribution in [3.63, 3.8) is 0 Å². The molecule has 0 amide bonds. The molecule has 1 heterocycles. The van der Waals surface area contributed by atoms with Gasteiger partial charge in [0.15, 0.2) is 5.16 Å². The van der Waals surface area contributed by atoms with Gasteiger partial charge in [0.05, 0.1) is 19.4 Å². The number of thioether (sulfide) groups is 1. The smallest absolute Gasteiger partial charge is 0.252 e. The molecule has 3 rings (SSSR count). The van der Waals surface area contributed by atoms with E-state index in [4.69, 9.17) is 9.47 Å². The molecular formula is C19H18N2O3S. The molecule has 0 saturated heterocycles. The molecule has 0 unspecified atom stereocenters. The number of hydrogen-bond acceptors (Lipinski definition) is 5. The maximum atomic E-state index is 11.9. The van der Waals surface area contributed by atoms with Crippen LogP contribution in [0.5, 0.6) is 11.5 Å². The molecule has 0 spiro atoms. The third kappa shape index (κ3) is 4.87. The number of nitrogens with one attached hydrogen (secondary N) is 1. The zero-order valence-electron chi connectivity index (χ0n) is 13.8. The molecule has 1 N–H and O–H groups in total. The number of benzene rings is 2. The zero-order chi connectivity index (χ0) is 17.5. The SMILES string of the molecule is COc1cccc(OCCSc2nc(-c3ccccc3)cc(=O)[nH]2)c1. The molecule has 25 heavy (non-hydrogen) atoms. The minimum absolute atomic E-state index is 0.162. The van der Waals surface area contributed by atoms with Crippen molar-refractivity contribution in [2.75, 3.05) is 19.5 Å². The van der Waals surface area contributed by atoms with Crippen LogP contribution in [0.15, 0.2) is 70.6 Å². The number of nitrogens with zero attached hydrogens (tertiary/aromatic N) is 1. The summed E-state index contributed by atoms with van der Waals surface area (Å²) in [6.07, 6.45) is 0. The number of aromatic nitrogens is 2. The molecule has 2 aromatic carbocycles. The van der Waals surface area contributed by atoms with Crippen LogP contribution in [0.4, 0.5) is 0 Å². The second-order valence-electron chi connectivity index (χ2n) is 5.18. The number of H-pyrrole nitrogens is 1. The van der Waals surface area contributed by atoms with Crippen LogP contribution in [0.3, 0.4) is 0 Å². The van der Waals surface area contributed by atoms with Gasteiger partial charge in [0.1, 0.15) is 11.5 Å². The van der Waals surface area contributed by atoms with Crippen LogP contribution in [0.25, 0.3) is 11.3 Å². The van der Waals surface area contributed by atoms with Crippen molar-refractivity contribution in [3.05, 3.63) is 71.0 Å². The lowest BCUT2D eigenvalue weighted by atomic mass is 10.1. The fraction of sp³-hybridized carbons (Fsp3) is 0.158. The number of rotatable bonds is 7. The van der Waals surface area contributed by atoms with Crippen LogP contribution in [0, 0.1) is 0 Å². The molecule has 0 radical (unpaired) electrons. The molecule has 3 aromatic rings. The Bertz CT molecular complexity index is 881. The van der Waals surface area contributed by atoms with Crippen LogP contribution in [0.2, 0.25) is 0 Å². The summed E-state index contributed by atoms with van der Waals surface area (Å²) in [7, 11) is 1.62. The molecule has 128 valence electrons. The highest BCUT2D eigenvalue weighted by molar-refractivity contribution is 7.99. The first kappa shape index (κ1) is 17.1. The average Bonchev–Trinajstić information content (AvgIpc) is 2.66. The monoisotopic (exact) mass is 354 g/mol. The molecule has 0 aliphatic heterocycles. The van der Waals surface area contributed by atoms with Gasteiger partial charge in [0.2, 0.25) is 0 Å². The summed E-state index contributed by atoms with van der Waals surface area (Å²) in [5, 5.41) is 0.584. The summed E-state index contributed by atoms with van der Waals surface area (Å²) in [6.45, 7) is 0.497. The van der Waals surface area contributed by atoms with E-state index in [1.807, 2.05) is 54.6 Å². The van der Waals surface area contributed by atoms with Crippen molar-refractivity contribution in [1.29, 1.82) is 0 Å². The lowest BCUT2D eigenvalue weighted by Crippen LogP contribution is -2.09. The van der Waals surface area contributed by atoms with E-state index >= 15 is 0 Å². The molecule has 6 heteroatoms. The Labute approximate surface area is 150 Å². The zero-order valence-corrected chi connectivity index (χ0v) is 14.6. The average molecular weight is 354 g/mol. The highest BCUT2D eigenvalue weighted by Gasteiger charge is 2.05. The first-order valence-electron chi connectivity index (χ1n) is 7.81. The normalized spacial score (nSPS) is 10.4. The Morgan fingerprint density at radius 3 is 2.64 bits per heavy atom. The summed E-state index contributed by atoms with van der Waals surface area (Å²) >= 11 is 1.45. The number of ether oxygens (including phenoxy) is 2. The Balaban J connectivity index is 1.60. The minimum Gasteiger partial charge on any atom is -0.497 e. The second kappa shape index (κ2) is 8.39. The highest BCUT2D eigenvalue weighted by Crippen LogP contribution is 2.21. The molecule has 1 aromatic heterocycles. The van der Waals surface area contributed by atoms with Gasteiger partial charge in [-0.3, -0.25) is 4.79 Å². The van der Waals surface area contributed by atoms with Crippen molar-refractivity contribution >= 4 is 11.8 Å². The molecule has 0 bridgehead atoms. The largest absolute Gasteiger partial charge is 0.497 e. The van der Waals surface area contributed by atoms with Crippen molar-refractivity contribution in [3.8, 4) is 22.8 Å². The fourth-order valence-corrected chi connectivity index (χ4v) is 2.94. The van der Waals surface area contributed by atoms with E-state index in [9.17, 15) is 4.79 Å². The van der Waals surface area contributed by atoms with E-state index in [1.54, 1.807) is 7.11 Å². The van der Waals surface area contributed by atoms with E-state index in [0.717, 1.165) is 17.1 Å². The van der Waals surface area contributed by atoms with Gasteiger partial charge >= 0.3 is 0 Å². The quantitative estimate of drug-likeness (QED) is 0.399. The van der Waals surface area contributed by atoms with Crippen LogP contribution in [0.1, 0.15) is 0 Å². The Hall–Kier alpha value is -2.73. The molecule has 0 atom stereocenters. The van der Waals surface area contributed by atoms with E-state index in [2.05, 4.69) is 9.97 Å². The Morgan fingerprint density at radius 1 is 1.04 bits per heavy atom. The van der Waals surface area contributed by atoms with Gasteiger partial charge in [-0.2, -0.15) is 0 Å². The summed E-state index contributed by atoms with van der Waals surface area (Å²) in [6, 6.07) is 18.6. The van der Waals surface area contributed by atoms with Crippen molar-refractivity contribution < 1.29 is 9.47 Å². The van der Waals surface area contributed by atoms with Gasteiger partial charge in [-0.15, -0.1) is 0 Å². The van der Waals surface area contributed by atoms with E-state index < -0.39 is 0 Å². The van der Waals surface area contributed by atoms with Crippen molar-refractivity contribution in [2.24, 2.45) is 0 Å². The third-order valence-corrected chi connectivity index (χ3v) is 4.26. The van der Waals surface area contributed by atoms with Gasteiger partial charge in [-0.05, 0) is 12.1 Å². The maximum Gasteiger partial charge on any atom is 0.252 e. The van der Waals surface area contributed by atoms with Gasteiger partial charge in [0.25, 0.3) is 5.56 Å². The lowest BCUT2D eigenvalue weighted by molar-refractivity contribution is 0.339. The number of aromatic amines is 1.